The van der Waals surface area contributed by atoms with Gasteiger partial charge in [-0.3, -0.25) is 4.79 Å². The molecule has 98 valence electrons. The number of nitrogens with zero attached hydrogens (tertiary/aromatic N) is 2. The Balaban J connectivity index is 2.33. The molecule has 1 aliphatic heterocycles. The third-order valence-electron chi connectivity index (χ3n) is 2.58. The summed E-state index contributed by atoms with van der Waals surface area (Å²) < 4.78 is 34.4. The zero-order valence-corrected chi connectivity index (χ0v) is 11.1. The topological polar surface area (TPSA) is 67.3 Å². The van der Waals surface area contributed by atoms with Crippen molar-refractivity contribution in [3.63, 3.8) is 0 Å². The van der Waals surface area contributed by atoms with E-state index in [1.54, 1.807) is 0 Å². The van der Waals surface area contributed by atoms with Crippen LogP contribution in [0, 0.1) is 0 Å². The van der Waals surface area contributed by atoms with Gasteiger partial charge in [0, 0.05) is 13.0 Å². The molecule has 0 radical (unpaired) electrons. The number of carbonyl (C=O) groups excluding carboxylic acids is 1. The third-order valence-corrected chi connectivity index (χ3v) is 4.20. The number of aromatic nitrogens is 1. The van der Waals surface area contributed by atoms with Crippen molar-refractivity contribution < 1.29 is 17.1 Å². The number of rotatable bonds is 2. The van der Waals surface area contributed by atoms with Crippen LogP contribution in [0.25, 0.3) is 0 Å². The van der Waals surface area contributed by atoms with E-state index in [1.165, 1.54) is 12.3 Å². The average Bonchev–Trinajstić information content (AvgIpc) is 2.60. The van der Waals surface area contributed by atoms with Gasteiger partial charge in [0.15, 0.2) is 0 Å². The van der Waals surface area contributed by atoms with Gasteiger partial charge < -0.3 is 4.90 Å². The number of amides is 1. The normalized spacial score (nSPS) is 20.5. The Labute approximate surface area is 113 Å². The molecular weight excluding hydrogens is 306 g/mol. The van der Waals surface area contributed by atoms with Gasteiger partial charge in [0.2, 0.25) is 5.91 Å². The van der Waals surface area contributed by atoms with Crippen molar-refractivity contribution in [2.24, 2.45) is 0 Å². The van der Waals surface area contributed by atoms with Crippen molar-refractivity contribution in [1.29, 1.82) is 0 Å². The number of anilines is 1. The molecule has 0 saturated carbocycles. The molecule has 1 saturated heterocycles. The molecule has 2 rings (SSSR count). The van der Waals surface area contributed by atoms with Crippen molar-refractivity contribution in [2.75, 3.05) is 11.4 Å². The predicted molar refractivity (Wildman–Crippen MR) is 65.0 cm³/mol. The Morgan fingerprint density at radius 3 is 2.61 bits per heavy atom. The molecule has 1 fully saturated rings. The number of halogens is 3. The molecule has 5 nitrogen and oxygen atoms in total. The van der Waals surface area contributed by atoms with Crippen LogP contribution in [0.15, 0.2) is 12.3 Å². The fourth-order valence-corrected chi connectivity index (χ4v) is 2.83. The summed E-state index contributed by atoms with van der Waals surface area (Å²) in [4.78, 5) is 16.5. The fraction of sp³-hybridized carbons (Fsp3) is 0.333. The fourth-order valence-electron chi connectivity index (χ4n) is 1.70. The minimum atomic E-state index is -4.75. The molecule has 1 aliphatic rings. The summed E-state index contributed by atoms with van der Waals surface area (Å²) in [5.41, 5.74) is 0.220. The maximum Gasteiger partial charge on any atom is 0.307 e. The highest BCUT2D eigenvalue weighted by Gasteiger charge is 2.39. The molecule has 0 aliphatic carbocycles. The molecule has 2 heterocycles. The van der Waals surface area contributed by atoms with Crippen LogP contribution in [0.4, 0.5) is 9.57 Å². The number of carbonyl (C=O) groups is 1. The average molecular weight is 313 g/mol. The van der Waals surface area contributed by atoms with E-state index < -0.39 is 27.8 Å². The molecule has 0 N–H and O–H groups in total. The highest BCUT2D eigenvalue weighted by atomic mass is 35.5. The highest BCUT2D eigenvalue weighted by molar-refractivity contribution is 7.87. The molecular formula is C9H7Cl2FN2O3S. The van der Waals surface area contributed by atoms with Gasteiger partial charge in [-0.25, -0.2) is 4.98 Å². The third kappa shape index (κ3) is 2.57. The first-order valence-electron chi connectivity index (χ1n) is 4.84. The molecule has 1 atom stereocenters. The first kappa shape index (κ1) is 13.5. The monoisotopic (exact) mass is 312 g/mol. The molecule has 0 spiro atoms. The minimum absolute atomic E-state index is 0.144. The maximum absolute atomic E-state index is 12.8. The quantitative estimate of drug-likeness (QED) is 0.617. The predicted octanol–water partition coefficient (Wildman–Crippen LogP) is 1.79. The van der Waals surface area contributed by atoms with E-state index in [4.69, 9.17) is 23.2 Å². The number of hydrogen-bond acceptors (Lipinski definition) is 4. The summed E-state index contributed by atoms with van der Waals surface area (Å²) in [7, 11) is -4.75. The summed E-state index contributed by atoms with van der Waals surface area (Å²) in [6, 6.07) is 1.32. The first-order valence-corrected chi connectivity index (χ1v) is 7.04. The second-order valence-corrected chi connectivity index (χ2v) is 6.18. The molecule has 18 heavy (non-hydrogen) atoms. The van der Waals surface area contributed by atoms with Crippen molar-refractivity contribution in [2.45, 2.75) is 11.7 Å². The molecule has 1 amide bonds. The Hall–Kier alpha value is -0.920. The molecule has 1 aromatic heterocycles. The second kappa shape index (κ2) is 4.64. The van der Waals surface area contributed by atoms with Gasteiger partial charge in [-0.05, 0) is 6.07 Å². The lowest BCUT2D eigenvalue weighted by molar-refractivity contribution is -0.117. The lowest BCUT2D eigenvalue weighted by atomic mass is 10.4. The van der Waals surface area contributed by atoms with Crippen LogP contribution >= 0.6 is 23.2 Å². The van der Waals surface area contributed by atoms with E-state index in [2.05, 4.69) is 4.98 Å². The zero-order chi connectivity index (χ0) is 13.5. The Morgan fingerprint density at radius 2 is 2.11 bits per heavy atom. The minimum Gasteiger partial charge on any atom is -0.308 e. The van der Waals surface area contributed by atoms with E-state index in [0.717, 1.165) is 4.90 Å². The molecule has 9 heteroatoms. The van der Waals surface area contributed by atoms with E-state index in [0.29, 0.717) is 0 Å². The smallest absolute Gasteiger partial charge is 0.307 e. The Morgan fingerprint density at radius 1 is 1.44 bits per heavy atom. The number of pyridine rings is 1. The largest absolute Gasteiger partial charge is 0.308 e. The lowest BCUT2D eigenvalue weighted by Gasteiger charge is -2.16. The van der Waals surface area contributed by atoms with Crippen LogP contribution in [0.2, 0.25) is 10.2 Å². The first-order chi connectivity index (χ1) is 8.29. The Bertz CT molecular complexity index is 608. The highest BCUT2D eigenvalue weighted by Crippen LogP contribution is 2.32. The SMILES string of the molecule is O=C1CC(S(=O)(=O)F)CN1c1cnc(Cl)cc1Cl. The summed E-state index contributed by atoms with van der Waals surface area (Å²) in [6.07, 6.45) is 0.841. The van der Waals surface area contributed by atoms with E-state index in [-0.39, 0.29) is 22.4 Å². The van der Waals surface area contributed by atoms with Crippen molar-refractivity contribution in [3.8, 4) is 0 Å². The summed E-state index contributed by atoms with van der Waals surface area (Å²) in [5.74, 6) is -0.521. The number of hydrogen-bond donors (Lipinski definition) is 0. The lowest BCUT2D eigenvalue weighted by Crippen LogP contribution is -2.27. The van der Waals surface area contributed by atoms with Crippen LogP contribution in [-0.4, -0.2) is 31.1 Å². The second-order valence-electron chi connectivity index (χ2n) is 3.76. The van der Waals surface area contributed by atoms with Crippen LogP contribution in [0.3, 0.4) is 0 Å². The summed E-state index contributed by atoms with van der Waals surface area (Å²) >= 11 is 11.5. The van der Waals surface area contributed by atoms with Crippen molar-refractivity contribution >= 4 is 45.0 Å². The van der Waals surface area contributed by atoms with Gasteiger partial charge in [-0.2, -0.15) is 8.42 Å². The zero-order valence-electron chi connectivity index (χ0n) is 8.81. The standard InChI is InChI=1S/C9H7Cl2FN2O3S/c10-6-2-8(11)13-3-7(6)14-4-5(1-9(14)15)18(12,16)17/h2-3,5H,1,4H2. The van der Waals surface area contributed by atoms with Gasteiger partial charge in [0.05, 0.1) is 16.9 Å². The molecule has 0 bridgehead atoms. The van der Waals surface area contributed by atoms with Crippen LogP contribution < -0.4 is 4.90 Å². The maximum atomic E-state index is 12.8. The van der Waals surface area contributed by atoms with Crippen LogP contribution in [0.1, 0.15) is 6.42 Å². The Kier molecular flexibility index (Phi) is 3.48. The van der Waals surface area contributed by atoms with Crippen LogP contribution in [-0.2, 0) is 15.0 Å². The van der Waals surface area contributed by atoms with Crippen LogP contribution in [0.5, 0.6) is 0 Å². The van der Waals surface area contributed by atoms with E-state index >= 15 is 0 Å². The van der Waals surface area contributed by atoms with Gasteiger partial charge in [-0.15, -0.1) is 3.89 Å². The van der Waals surface area contributed by atoms with E-state index in [9.17, 15) is 17.1 Å². The van der Waals surface area contributed by atoms with Gasteiger partial charge in [-0.1, -0.05) is 23.2 Å². The van der Waals surface area contributed by atoms with Gasteiger partial charge >= 0.3 is 10.2 Å². The van der Waals surface area contributed by atoms with Crippen molar-refractivity contribution in [1.82, 2.24) is 4.98 Å². The van der Waals surface area contributed by atoms with Gasteiger partial charge in [0.25, 0.3) is 0 Å². The summed E-state index contributed by atoms with van der Waals surface area (Å²) in [5, 5.41) is -1.07. The molecule has 0 aromatic carbocycles. The van der Waals surface area contributed by atoms with E-state index in [1.807, 2.05) is 0 Å². The summed E-state index contributed by atoms with van der Waals surface area (Å²) in [6.45, 7) is -0.277. The molecule has 1 aromatic rings. The molecule has 1 unspecified atom stereocenters. The van der Waals surface area contributed by atoms with Crippen molar-refractivity contribution in [3.05, 3.63) is 22.4 Å². The van der Waals surface area contributed by atoms with Gasteiger partial charge in [0.1, 0.15) is 10.4 Å².